The standard InChI is InChI=1S/C10H20O4/c11-5-8(9(13)6-12)10(14)7-3-1-2-4-7/h7-14H,1-6H2. The van der Waals surface area contributed by atoms with Crippen molar-refractivity contribution in [3.05, 3.63) is 0 Å². The van der Waals surface area contributed by atoms with E-state index in [2.05, 4.69) is 0 Å². The first-order valence-corrected chi connectivity index (χ1v) is 5.28. The minimum atomic E-state index is -1.02. The molecule has 0 aromatic heterocycles. The second-order valence-corrected chi connectivity index (χ2v) is 4.13. The van der Waals surface area contributed by atoms with Crippen molar-refractivity contribution in [3.8, 4) is 0 Å². The van der Waals surface area contributed by atoms with Crippen LogP contribution in [-0.4, -0.2) is 45.8 Å². The van der Waals surface area contributed by atoms with Crippen LogP contribution >= 0.6 is 0 Å². The summed E-state index contributed by atoms with van der Waals surface area (Å²) in [6.45, 7) is -0.686. The molecule has 0 aromatic carbocycles. The third-order valence-corrected chi connectivity index (χ3v) is 3.21. The van der Waals surface area contributed by atoms with Gasteiger partial charge in [-0.15, -0.1) is 0 Å². The Balaban J connectivity index is 2.49. The molecule has 14 heavy (non-hydrogen) atoms. The van der Waals surface area contributed by atoms with Crippen LogP contribution in [0.3, 0.4) is 0 Å². The highest BCUT2D eigenvalue weighted by Crippen LogP contribution is 2.31. The lowest BCUT2D eigenvalue weighted by atomic mass is 9.87. The lowest BCUT2D eigenvalue weighted by Crippen LogP contribution is -2.40. The van der Waals surface area contributed by atoms with Crippen LogP contribution in [0, 0.1) is 11.8 Å². The van der Waals surface area contributed by atoms with E-state index in [0.29, 0.717) is 0 Å². The van der Waals surface area contributed by atoms with E-state index in [4.69, 9.17) is 10.2 Å². The van der Waals surface area contributed by atoms with Gasteiger partial charge in [0.2, 0.25) is 0 Å². The molecule has 1 fully saturated rings. The van der Waals surface area contributed by atoms with Crippen LogP contribution in [0.2, 0.25) is 0 Å². The fourth-order valence-corrected chi connectivity index (χ4v) is 2.24. The first kappa shape index (κ1) is 11.9. The average Bonchev–Trinajstić information content (AvgIpc) is 2.71. The van der Waals surface area contributed by atoms with Crippen molar-refractivity contribution in [3.63, 3.8) is 0 Å². The molecule has 4 nitrogen and oxygen atoms in total. The van der Waals surface area contributed by atoms with Crippen molar-refractivity contribution in [2.45, 2.75) is 37.9 Å². The van der Waals surface area contributed by atoms with E-state index in [1.54, 1.807) is 0 Å². The van der Waals surface area contributed by atoms with Crippen LogP contribution in [0.15, 0.2) is 0 Å². The Kier molecular flexibility index (Phi) is 4.81. The van der Waals surface area contributed by atoms with E-state index in [9.17, 15) is 10.2 Å². The predicted molar refractivity (Wildman–Crippen MR) is 51.6 cm³/mol. The van der Waals surface area contributed by atoms with E-state index in [1.165, 1.54) is 0 Å². The summed E-state index contributed by atoms with van der Waals surface area (Å²) in [6, 6.07) is 0. The van der Waals surface area contributed by atoms with Gasteiger partial charge in [-0.3, -0.25) is 0 Å². The van der Waals surface area contributed by atoms with E-state index in [1.807, 2.05) is 0 Å². The number of aliphatic hydroxyl groups is 4. The molecule has 0 amide bonds. The molecule has 0 saturated heterocycles. The second-order valence-electron chi connectivity index (χ2n) is 4.13. The zero-order chi connectivity index (χ0) is 10.6. The maximum absolute atomic E-state index is 9.88. The molecular weight excluding hydrogens is 184 g/mol. The summed E-state index contributed by atoms with van der Waals surface area (Å²) >= 11 is 0. The maximum Gasteiger partial charge on any atom is 0.0845 e. The highest BCUT2D eigenvalue weighted by molar-refractivity contribution is 4.83. The highest BCUT2D eigenvalue weighted by atomic mass is 16.3. The molecule has 0 heterocycles. The lowest BCUT2D eigenvalue weighted by molar-refractivity contribution is -0.0590. The number of aliphatic hydroxyl groups excluding tert-OH is 4. The Hall–Kier alpha value is -0.160. The van der Waals surface area contributed by atoms with Crippen LogP contribution in [-0.2, 0) is 0 Å². The average molecular weight is 204 g/mol. The summed E-state index contributed by atoms with van der Waals surface area (Å²) in [5.41, 5.74) is 0. The summed E-state index contributed by atoms with van der Waals surface area (Å²) in [4.78, 5) is 0. The van der Waals surface area contributed by atoms with Gasteiger partial charge in [0, 0.05) is 5.92 Å². The SMILES string of the molecule is OCC(O)C(CO)C(O)C1CCCC1. The third-order valence-electron chi connectivity index (χ3n) is 3.21. The van der Waals surface area contributed by atoms with Crippen molar-refractivity contribution >= 4 is 0 Å². The normalized spacial score (nSPS) is 24.9. The number of rotatable bonds is 5. The molecule has 0 bridgehead atoms. The zero-order valence-electron chi connectivity index (χ0n) is 8.34. The molecule has 84 valence electrons. The maximum atomic E-state index is 9.88. The topological polar surface area (TPSA) is 80.9 Å². The van der Waals surface area contributed by atoms with Crippen molar-refractivity contribution in [1.82, 2.24) is 0 Å². The Morgan fingerprint density at radius 3 is 2.00 bits per heavy atom. The van der Waals surface area contributed by atoms with E-state index in [0.717, 1.165) is 25.7 Å². The molecule has 1 saturated carbocycles. The van der Waals surface area contributed by atoms with Crippen molar-refractivity contribution in [2.24, 2.45) is 11.8 Å². The van der Waals surface area contributed by atoms with Gasteiger partial charge in [-0.2, -0.15) is 0 Å². The van der Waals surface area contributed by atoms with Crippen LogP contribution in [0.4, 0.5) is 0 Å². The Morgan fingerprint density at radius 2 is 1.57 bits per heavy atom. The monoisotopic (exact) mass is 204 g/mol. The first-order chi connectivity index (χ1) is 6.70. The minimum absolute atomic E-state index is 0.174. The summed E-state index contributed by atoms with van der Waals surface area (Å²) < 4.78 is 0. The molecule has 0 aromatic rings. The molecular formula is C10H20O4. The quantitative estimate of drug-likeness (QED) is 0.486. The van der Waals surface area contributed by atoms with Crippen molar-refractivity contribution in [1.29, 1.82) is 0 Å². The number of hydrogen-bond acceptors (Lipinski definition) is 4. The molecule has 0 spiro atoms. The summed E-state index contributed by atoms with van der Waals surface area (Å²) in [5, 5.41) is 37.0. The molecule has 4 heteroatoms. The van der Waals surface area contributed by atoms with Crippen molar-refractivity contribution < 1.29 is 20.4 Å². The largest absolute Gasteiger partial charge is 0.396 e. The summed E-state index contributed by atoms with van der Waals surface area (Å²) in [5.74, 6) is -0.434. The highest BCUT2D eigenvalue weighted by Gasteiger charge is 2.33. The van der Waals surface area contributed by atoms with Crippen LogP contribution in [0.1, 0.15) is 25.7 Å². The molecule has 1 rings (SSSR count). The summed E-state index contributed by atoms with van der Waals surface area (Å²) in [7, 11) is 0. The Labute approximate surface area is 84.2 Å². The second kappa shape index (κ2) is 5.66. The van der Waals surface area contributed by atoms with Gasteiger partial charge in [0.05, 0.1) is 25.4 Å². The van der Waals surface area contributed by atoms with E-state index < -0.39 is 24.7 Å². The van der Waals surface area contributed by atoms with Crippen molar-refractivity contribution in [2.75, 3.05) is 13.2 Å². The number of hydrogen-bond donors (Lipinski definition) is 4. The Morgan fingerprint density at radius 1 is 1.00 bits per heavy atom. The minimum Gasteiger partial charge on any atom is -0.396 e. The zero-order valence-corrected chi connectivity index (χ0v) is 8.34. The van der Waals surface area contributed by atoms with Gasteiger partial charge in [-0.1, -0.05) is 12.8 Å². The molecule has 3 unspecified atom stereocenters. The van der Waals surface area contributed by atoms with E-state index in [-0.39, 0.29) is 12.5 Å². The molecule has 4 N–H and O–H groups in total. The molecule has 0 aliphatic heterocycles. The van der Waals surface area contributed by atoms with Gasteiger partial charge in [-0.05, 0) is 18.8 Å². The fraction of sp³-hybridized carbons (Fsp3) is 1.00. The molecule has 0 radical (unpaired) electrons. The molecule has 1 aliphatic carbocycles. The van der Waals surface area contributed by atoms with Gasteiger partial charge in [0.1, 0.15) is 0 Å². The van der Waals surface area contributed by atoms with Crippen LogP contribution in [0.25, 0.3) is 0 Å². The van der Waals surface area contributed by atoms with Gasteiger partial charge in [-0.25, -0.2) is 0 Å². The smallest absolute Gasteiger partial charge is 0.0845 e. The van der Waals surface area contributed by atoms with Gasteiger partial charge in [0.15, 0.2) is 0 Å². The van der Waals surface area contributed by atoms with E-state index >= 15 is 0 Å². The third kappa shape index (κ3) is 2.67. The van der Waals surface area contributed by atoms with Gasteiger partial charge in [0.25, 0.3) is 0 Å². The first-order valence-electron chi connectivity index (χ1n) is 5.28. The van der Waals surface area contributed by atoms with Crippen LogP contribution in [0.5, 0.6) is 0 Å². The molecule has 1 aliphatic rings. The summed E-state index contributed by atoms with van der Waals surface area (Å²) in [6.07, 6.45) is 2.41. The van der Waals surface area contributed by atoms with Crippen LogP contribution < -0.4 is 0 Å². The van der Waals surface area contributed by atoms with Gasteiger partial charge < -0.3 is 20.4 Å². The van der Waals surface area contributed by atoms with Gasteiger partial charge >= 0.3 is 0 Å². The Bertz CT molecular complexity index is 156. The fourth-order valence-electron chi connectivity index (χ4n) is 2.24. The predicted octanol–water partition coefficient (Wildman–Crippen LogP) is -0.501. The molecule has 3 atom stereocenters. The lowest BCUT2D eigenvalue weighted by Gasteiger charge is -2.28.